The van der Waals surface area contributed by atoms with Crippen LogP contribution < -0.4 is 0 Å². The van der Waals surface area contributed by atoms with Crippen molar-refractivity contribution in [2.75, 3.05) is 0 Å². The Morgan fingerprint density at radius 1 is 0.489 bits per heavy atom. The Morgan fingerprint density at radius 3 is 1.36 bits per heavy atom. The van der Waals surface area contributed by atoms with Gasteiger partial charge in [-0.2, -0.15) is 45.5 Å². The van der Waals surface area contributed by atoms with Gasteiger partial charge < -0.3 is 10.2 Å². The predicted octanol–water partition coefficient (Wildman–Crippen LogP) is 18.1. The predicted molar refractivity (Wildman–Crippen MR) is 342 cm³/mol. The van der Waals surface area contributed by atoms with Crippen LogP contribution in [0.15, 0.2) is 119 Å². The van der Waals surface area contributed by atoms with Crippen molar-refractivity contribution in [2.24, 2.45) is 17.5 Å². The Labute approximate surface area is 532 Å². The van der Waals surface area contributed by atoms with Gasteiger partial charge in [-0.1, -0.05) is 30.3 Å². The molecule has 11 aromatic rings. The molecular formula is C62H18F4N12O4S8. The number of benzene rings is 5. The number of rotatable bonds is 7. The van der Waals surface area contributed by atoms with Gasteiger partial charge in [-0.25, -0.2) is 27.7 Å². The average Bonchev–Trinajstić information content (AvgIpc) is 1.56. The Hall–Kier alpha value is -10.5. The summed E-state index contributed by atoms with van der Waals surface area (Å²) >= 11 is 8.99. The number of nitrogens with zero attached hydrogens (tertiary/aromatic N) is 12. The molecule has 5 aromatic carbocycles. The van der Waals surface area contributed by atoms with Crippen molar-refractivity contribution >= 4 is 183 Å². The Bertz CT molecular complexity index is 5470. The van der Waals surface area contributed by atoms with Crippen LogP contribution >= 0.6 is 68.8 Å². The monoisotopic (exact) mass is 1330 g/mol. The second kappa shape index (κ2) is 20.5. The molecule has 90 heavy (non-hydrogen) atoms. The van der Waals surface area contributed by atoms with Crippen molar-refractivity contribution in [3.05, 3.63) is 185 Å². The zero-order valence-corrected chi connectivity index (χ0v) is 50.6. The number of allylic oxidation sites excluding steroid dienone is 6. The number of nitriles is 3. The van der Waals surface area contributed by atoms with Crippen LogP contribution in [0.25, 0.3) is 113 Å². The molecule has 16 nitrogen and oxygen atoms in total. The number of fused-ring (bicyclic) bond motifs is 9. The molecule has 0 spiro atoms. The molecule has 28 heteroatoms. The average molecular weight is 1330 g/mol. The van der Waals surface area contributed by atoms with E-state index >= 15 is 0 Å². The van der Waals surface area contributed by atoms with E-state index in [9.17, 15) is 53.1 Å². The van der Waals surface area contributed by atoms with Crippen LogP contribution in [0.5, 0.6) is 11.5 Å². The summed E-state index contributed by atoms with van der Waals surface area (Å²) in [6.07, 6.45) is 4.86. The van der Waals surface area contributed by atoms with Gasteiger partial charge in [0.1, 0.15) is 74.0 Å². The summed E-state index contributed by atoms with van der Waals surface area (Å²) in [6, 6.07) is 25.2. The molecule has 0 amide bonds. The van der Waals surface area contributed by atoms with Gasteiger partial charge in [0.25, 0.3) is 5.70 Å². The number of hydrogen-bond donors (Lipinski definition) is 2. The first kappa shape index (κ1) is 54.9. The molecular weight excluding hydrogens is 1310 g/mol. The molecule has 3 aliphatic carbocycles. The Kier molecular flexibility index (Phi) is 12.5. The SMILES string of the molecule is [C-]#[N+]/C(C#N)=C1/C(=C/c2cc(O)c(-c3c4c(c(-c5cc6c(s5)-c5sc(-c7c8c(c(-c9sc(/C=C%10\C(=O)c%11cc(F)c(F)cc%11C%10=C(C#N)C#N)cc9O)c9nsnc79)N=S=N8)cc5/C6=C/c5ccccc5)c5nsnc35)N=S=N4)s2)C(=O)c2cc(F)c(F)cc21. The maximum Gasteiger partial charge on any atom is 0.270 e. The second-order valence-electron chi connectivity index (χ2n) is 20.1. The molecule has 426 valence electrons. The Balaban J connectivity index is 0.802. The van der Waals surface area contributed by atoms with E-state index in [-0.39, 0.29) is 56.0 Å². The lowest BCUT2D eigenvalue weighted by Gasteiger charge is -2.10. The molecule has 6 aromatic heterocycles. The largest absolute Gasteiger partial charge is 0.506 e. The van der Waals surface area contributed by atoms with Crippen molar-refractivity contribution in [1.29, 1.82) is 15.8 Å². The highest BCUT2D eigenvalue weighted by Gasteiger charge is 2.39. The van der Waals surface area contributed by atoms with Crippen molar-refractivity contribution in [3.63, 3.8) is 0 Å². The molecule has 0 bridgehead atoms. The number of carbonyl (C=O) groups excluding carboxylic acids is 2. The normalized spacial score (nSPS) is 15.7. The van der Waals surface area contributed by atoms with E-state index < -0.39 is 46.1 Å². The summed E-state index contributed by atoms with van der Waals surface area (Å²) in [5.74, 6) is -6.97. The van der Waals surface area contributed by atoms with Gasteiger partial charge in [0.2, 0.25) is 0 Å². The minimum Gasteiger partial charge on any atom is -0.506 e. The summed E-state index contributed by atoms with van der Waals surface area (Å²) in [5.41, 5.74) is 7.17. The summed E-state index contributed by atoms with van der Waals surface area (Å²) in [6.45, 7) is 7.67. The fourth-order valence-corrected chi connectivity index (χ4v) is 18.5. The molecule has 0 radical (unpaired) electrons. The van der Waals surface area contributed by atoms with Gasteiger partial charge in [0.15, 0.2) is 34.8 Å². The van der Waals surface area contributed by atoms with E-state index in [1.54, 1.807) is 18.2 Å². The summed E-state index contributed by atoms with van der Waals surface area (Å²) < 4.78 is 96.5. The van der Waals surface area contributed by atoms with Crippen LogP contribution in [-0.4, -0.2) is 39.3 Å². The molecule has 0 saturated carbocycles. The first-order chi connectivity index (χ1) is 43.7. The smallest absolute Gasteiger partial charge is 0.270 e. The zero-order chi connectivity index (χ0) is 61.7. The van der Waals surface area contributed by atoms with E-state index in [2.05, 4.69) is 23.1 Å². The number of hydrogen-bond acceptors (Lipinski definition) is 21. The highest BCUT2D eigenvalue weighted by atomic mass is 32.1. The zero-order valence-electron chi connectivity index (χ0n) is 44.1. The van der Waals surface area contributed by atoms with Gasteiger partial charge in [-0.15, -0.1) is 45.3 Å². The molecule has 8 heterocycles. The second-order valence-corrected chi connectivity index (χ2v) is 26.5. The van der Waals surface area contributed by atoms with Crippen molar-refractivity contribution in [3.8, 4) is 81.2 Å². The van der Waals surface area contributed by atoms with E-state index in [1.807, 2.05) is 30.3 Å². The van der Waals surface area contributed by atoms with Gasteiger partial charge >= 0.3 is 0 Å². The fourth-order valence-electron chi connectivity index (χ4n) is 11.5. The minimum absolute atomic E-state index is 0.0978. The Morgan fingerprint density at radius 2 is 0.911 bits per heavy atom. The number of ketones is 2. The maximum atomic E-state index is 14.6. The lowest BCUT2D eigenvalue weighted by molar-refractivity contribution is 0.103. The number of carbonyl (C=O) groups is 2. The number of halogens is 4. The first-order valence-electron chi connectivity index (χ1n) is 25.9. The van der Waals surface area contributed by atoms with Crippen LogP contribution in [0.1, 0.15) is 58.3 Å². The van der Waals surface area contributed by atoms with Crippen molar-refractivity contribution < 1.29 is 37.4 Å². The quantitative estimate of drug-likeness (QED) is 0.0657. The molecule has 16 rings (SSSR count). The van der Waals surface area contributed by atoms with E-state index in [0.29, 0.717) is 86.6 Å². The third-order valence-corrected chi connectivity index (χ3v) is 22.1. The van der Waals surface area contributed by atoms with Crippen LogP contribution in [0.4, 0.5) is 40.3 Å². The number of thiophene rings is 4. The number of Topliss-reactive ketones (excluding diaryl/α,β-unsaturated/α-hetero) is 2. The molecule has 2 N–H and O–H groups in total. The lowest BCUT2D eigenvalue weighted by Crippen LogP contribution is -1.97. The first-order valence-corrected chi connectivity index (χ1v) is 32.1. The van der Waals surface area contributed by atoms with Crippen LogP contribution in [0, 0.1) is 63.8 Å². The highest BCUT2D eigenvalue weighted by molar-refractivity contribution is 7.58. The number of aromatic hydroxyl groups is 2. The summed E-state index contributed by atoms with van der Waals surface area (Å²) in [4.78, 5) is 35.6. The molecule has 2 aliphatic heterocycles. The van der Waals surface area contributed by atoms with Crippen LogP contribution in [0.2, 0.25) is 0 Å². The standard InChI is InChI=1S/C62H18F4N12O4S8/c1-70-38(20-69)44-27-13-35(64)37(66)15-29(27)58(82)33(44)9-24-11-40(80)62(84-24)48-55-51(73-89-77-55)46(52-56(48)78-90-74-52)42-17-31-25(7-21-5-3-2-4-6-21)30-16-41(85-59(30)60(31)86-42)45-49-53(75-87-71-49)47(54-50(45)72-88-76-54)61-39(79)10-23(83-61)8-32-43(22(18-67)19-68)26-12-34(63)36(65)14-28(26)57(32)81/h2-17,79-80H/b25-7-,32-8-,33-9-,44-38+. The lowest BCUT2D eigenvalue weighted by atomic mass is 9.97. The fraction of sp³-hybridized carbons (Fsp3) is 0. The maximum absolute atomic E-state index is 14.6. The highest BCUT2D eigenvalue weighted by Crippen LogP contribution is 2.63. The third-order valence-electron chi connectivity index (χ3n) is 15.3. The van der Waals surface area contributed by atoms with Crippen molar-refractivity contribution in [2.45, 2.75) is 0 Å². The van der Waals surface area contributed by atoms with Crippen molar-refractivity contribution in [1.82, 2.24) is 17.5 Å². The van der Waals surface area contributed by atoms with Gasteiger partial charge in [0, 0.05) is 75.2 Å². The van der Waals surface area contributed by atoms with Gasteiger partial charge in [-0.3, -0.25) is 9.59 Å². The van der Waals surface area contributed by atoms with E-state index in [4.69, 9.17) is 41.5 Å². The topological polar surface area (TPSA) is 251 Å². The molecule has 0 fully saturated rings. The molecule has 5 aliphatic rings. The van der Waals surface area contributed by atoms with E-state index in [1.165, 1.54) is 47.0 Å². The van der Waals surface area contributed by atoms with Crippen LogP contribution in [0.3, 0.4) is 0 Å². The minimum atomic E-state index is -1.28. The van der Waals surface area contributed by atoms with Gasteiger partial charge in [-0.05, 0) is 89.0 Å². The van der Waals surface area contributed by atoms with Gasteiger partial charge in [0.05, 0.1) is 89.4 Å². The molecule has 0 atom stereocenters. The summed E-state index contributed by atoms with van der Waals surface area (Å²) in [7, 11) is 0. The third kappa shape index (κ3) is 8.04. The summed E-state index contributed by atoms with van der Waals surface area (Å²) in [5, 5.41) is 53.2. The van der Waals surface area contributed by atoms with E-state index in [0.717, 1.165) is 135 Å². The number of aromatic nitrogens is 4. The van der Waals surface area contributed by atoms with Crippen LogP contribution in [-0.2, 0) is 22.7 Å². The molecule has 0 unspecified atom stereocenters. The molecule has 0 saturated heterocycles.